The summed E-state index contributed by atoms with van der Waals surface area (Å²) in [6.45, 7) is 6.80. The van der Waals surface area contributed by atoms with Crippen molar-refractivity contribution in [2.75, 3.05) is 18.9 Å². The molecule has 1 aromatic carbocycles. The Morgan fingerprint density at radius 1 is 1.13 bits per heavy atom. The van der Waals surface area contributed by atoms with Gasteiger partial charge in [-0.1, -0.05) is 44.9 Å². The minimum absolute atomic E-state index is 0.0911. The highest BCUT2D eigenvalue weighted by Gasteiger charge is 2.08. The third-order valence-electron chi connectivity index (χ3n) is 3.50. The zero-order chi connectivity index (χ0) is 17.1. The van der Waals surface area contributed by atoms with Gasteiger partial charge in [-0.25, -0.2) is 0 Å². The van der Waals surface area contributed by atoms with Crippen LogP contribution in [0, 0.1) is 5.92 Å². The number of anilines is 1. The fraction of sp³-hybridized carbons (Fsp3) is 0.556. The summed E-state index contributed by atoms with van der Waals surface area (Å²) in [5.74, 6) is 1.30. The van der Waals surface area contributed by atoms with E-state index in [1.165, 1.54) is 12.8 Å². The summed E-state index contributed by atoms with van der Waals surface area (Å²) in [5.41, 5.74) is 0.796. The standard InChI is InChI=1S/C18H30N4O/c1-14(2)9-8-10-15(3)21-18(19-4)20-13-17(23)22-16-11-6-5-7-12-16/h5-7,11-12,14-15H,8-10,13H2,1-4H3,(H,22,23)(H2,19,20,21). The fourth-order valence-corrected chi connectivity index (χ4v) is 2.22. The number of amides is 1. The van der Waals surface area contributed by atoms with Crippen LogP contribution in [0.5, 0.6) is 0 Å². The molecule has 0 saturated heterocycles. The first kappa shape index (κ1) is 19.0. The number of aliphatic imine (C=N–C) groups is 1. The first-order valence-corrected chi connectivity index (χ1v) is 8.33. The fourth-order valence-electron chi connectivity index (χ4n) is 2.22. The van der Waals surface area contributed by atoms with Crippen LogP contribution in [0.15, 0.2) is 35.3 Å². The van der Waals surface area contributed by atoms with Crippen LogP contribution in [0.4, 0.5) is 5.69 Å². The van der Waals surface area contributed by atoms with E-state index in [4.69, 9.17) is 0 Å². The van der Waals surface area contributed by atoms with Gasteiger partial charge in [0, 0.05) is 18.8 Å². The summed E-state index contributed by atoms with van der Waals surface area (Å²) in [7, 11) is 1.71. The Balaban J connectivity index is 2.29. The van der Waals surface area contributed by atoms with Gasteiger partial charge in [0.2, 0.25) is 5.91 Å². The SMILES string of the molecule is CN=C(NCC(=O)Nc1ccccc1)NC(C)CCCC(C)C. The molecule has 0 bridgehead atoms. The van der Waals surface area contributed by atoms with Crippen molar-refractivity contribution in [1.82, 2.24) is 10.6 Å². The van der Waals surface area contributed by atoms with Crippen LogP contribution in [0.25, 0.3) is 0 Å². The van der Waals surface area contributed by atoms with Crippen molar-refractivity contribution in [2.45, 2.75) is 46.1 Å². The Morgan fingerprint density at radius 2 is 1.83 bits per heavy atom. The molecule has 1 rings (SSSR count). The minimum Gasteiger partial charge on any atom is -0.354 e. The van der Waals surface area contributed by atoms with Gasteiger partial charge in [0.1, 0.15) is 0 Å². The highest BCUT2D eigenvalue weighted by Crippen LogP contribution is 2.08. The second-order valence-electron chi connectivity index (χ2n) is 6.21. The van der Waals surface area contributed by atoms with E-state index in [2.05, 4.69) is 41.7 Å². The lowest BCUT2D eigenvalue weighted by Crippen LogP contribution is -2.44. The highest BCUT2D eigenvalue weighted by atomic mass is 16.1. The normalized spacial score (nSPS) is 12.8. The van der Waals surface area contributed by atoms with Crippen molar-refractivity contribution in [3.05, 3.63) is 30.3 Å². The van der Waals surface area contributed by atoms with Gasteiger partial charge in [-0.2, -0.15) is 0 Å². The van der Waals surface area contributed by atoms with Gasteiger partial charge < -0.3 is 16.0 Å². The van der Waals surface area contributed by atoms with Crippen molar-refractivity contribution in [3.8, 4) is 0 Å². The van der Waals surface area contributed by atoms with Gasteiger partial charge in [-0.05, 0) is 31.4 Å². The predicted octanol–water partition coefficient (Wildman–Crippen LogP) is 3.00. The van der Waals surface area contributed by atoms with Gasteiger partial charge in [-0.3, -0.25) is 9.79 Å². The first-order chi connectivity index (χ1) is 11.0. The Labute approximate surface area is 140 Å². The Bertz CT molecular complexity index is 485. The number of benzene rings is 1. The highest BCUT2D eigenvalue weighted by molar-refractivity contribution is 5.94. The smallest absolute Gasteiger partial charge is 0.243 e. The molecule has 0 fully saturated rings. The topological polar surface area (TPSA) is 65.5 Å². The number of nitrogens with one attached hydrogen (secondary N) is 3. The Morgan fingerprint density at radius 3 is 2.43 bits per heavy atom. The van der Waals surface area contributed by atoms with Crippen molar-refractivity contribution in [1.29, 1.82) is 0 Å². The zero-order valence-electron chi connectivity index (χ0n) is 14.7. The molecule has 0 aromatic heterocycles. The molecule has 1 amide bonds. The quantitative estimate of drug-likeness (QED) is 0.510. The van der Waals surface area contributed by atoms with E-state index >= 15 is 0 Å². The van der Waals surface area contributed by atoms with E-state index < -0.39 is 0 Å². The number of para-hydroxylation sites is 1. The molecular weight excluding hydrogens is 288 g/mol. The van der Waals surface area contributed by atoms with Crippen LogP contribution < -0.4 is 16.0 Å². The van der Waals surface area contributed by atoms with Crippen molar-refractivity contribution in [2.24, 2.45) is 10.9 Å². The summed E-state index contributed by atoms with van der Waals surface area (Å²) in [6, 6.07) is 9.76. The predicted molar refractivity (Wildman–Crippen MR) is 97.7 cm³/mol. The maximum Gasteiger partial charge on any atom is 0.243 e. The monoisotopic (exact) mass is 318 g/mol. The molecule has 128 valence electrons. The van der Waals surface area contributed by atoms with Gasteiger partial charge >= 0.3 is 0 Å². The number of nitrogens with zero attached hydrogens (tertiary/aromatic N) is 1. The van der Waals surface area contributed by atoms with Gasteiger partial charge in [0.15, 0.2) is 5.96 Å². The molecule has 0 aliphatic carbocycles. The molecule has 1 atom stereocenters. The molecular formula is C18H30N4O. The van der Waals surface area contributed by atoms with E-state index in [1.54, 1.807) is 7.05 Å². The molecule has 5 heteroatoms. The summed E-state index contributed by atoms with van der Waals surface area (Å²) >= 11 is 0. The average molecular weight is 318 g/mol. The zero-order valence-corrected chi connectivity index (χ0v) is 14.7. The van der Waals surface area contributed by atoms with E-state index in [0.717, 1.165) is 18.0 Å². The maximum absolute atomic E-state index is 11.9. The second kappa shape index (κ2) is 10.6. The number of rotatable bonds is 8. The van der Waals surface area contributed by atoms with Crippen LogP contribution >= 0.6 is 0 Å². The number of carbonyl (C=O) groups is 1. The van der Waals surface area contributed by atoms with E-state index in [1.807, 2.05) is 30.3 Å². The number of guanidine groups is 1. The molecule has 0 aliphatic rings. The van der Waals surface area contributed by atoms with Crippen molar-refractivity contribution in [3.63, 3.8) is 0 Å². The lowest BCUT2D eigenvalue weighted by molar-refractivity contribution is -0.115. The Kier molecular flexibility index (Phi) is 8.80. The first-order valence-electron chi connectivity index (χ1n) is 8.33. The molecule has 0 spiro atoms. The number of hydrogen-bond donors (Lipinski definition) is 3. The molecule has 23 heavy (non-hydrogen) atoms. The molecule has 0 heterocycles. The molecule has 0 aliphatic heterocycles. The van der Waals surface area contributed by atoms with Crippen LogP contribution in [0.1, 0.15) is 40.0 Å². The minimum atomic E-state index is -0.0911. The van der Waals surface area contributed by atoms with E-state index in [0.29, 0.717) is 12.0 Å². The van der Waals surface area contributed by atoms with Crippen molar-refractivity contribution >= 4 is 17.6 Å². The molecule has 1 unspecified atom stereocenters. The van der Waals surface area contributed by atoms with Crippen LogP contribution in [-0.4, -0.2) is 31.5 Å². The number of carbonyl (C=O) groups excluding carboxylic acids is 1. The largest absolute Gasteiger partial charge is 0.354 e. The number of hydrogen-bond acceptors (Lipinski definition) is 2. The molecule has 0 saturated carbocycles. The van der Waals surface area contributed by atoms with Gasteiger partial charge in [-0.15, -0.1) is 0 Å². The van der Waals surface area contributed by atoms with Crippen LogP contribution in [-0.2, 0) is 4.79 Å². The van der Waals surface area contributed by atoms with E-state index in [-0.39, 0.29) is 12.5 Å². The summed E-state index contributed by atoms with van der Waals surface area (Å²) in [5, 5.41) is 9.20. The van der Waals surface area contributed by atoms with Crippen LogP contribution in [0.3, 0.4) is 0 Å². The molecule has 1 aromatic rings. The lowest BCUT2D eigenvalue weighted by atomic mass is 10.0. The molecule has 5 nitrogen and oxygen atoms in total. The van der Waals surface area contributed by atoms with E-state index in [9.17, 15) is 4.79 Å². The lowest BCUT2D eigenvalue weighted by Gasteiger charge is -2.18. The third kappa shape index (κ3) is 8.86. The molecule has 0 radical (unpaired) electrons. The molecule has 3 N–H and O–H groups in total. The summed E-state index contributed by atoms with van der Waals surface area (Å²) < 4.78 is 0. The summed E-state index contributed by atoms with van der Waals surface area (Å²) in [4.78, 5) is 16.1. The second-order valence-corrected chi connectivity index (χ2v) is 6.21. The summed E-state index contributed by atoms with van der Waals surface area (Å²) in [6.07, 6.45) is 3.52. The van der Waals surface area contributed by atoms with Gasteiger partial charge in [0.05, 0.1) is 6.54 Å². The average Bonchev–Trinajstić information content (AvgIpc) is 2.52. The van der Waals surface area contributed by atoms with Crippen molar-refractivity contribution < 1.29 is 4.79 Å². The van der Waals surface area contributed by atoms with Crippen LogP contribution in [0.2, 0.25) is 0 Å². The third-order valence-corrected chi connectivity index (χ3v) is 3.50. The van der Waals surface area contributed by atoms with Gasteiger partial charge in [0.25, 0.3) is 0 Å². The maximum atomic E-state index is 11.9. The Hall–Kier alpha value is -2.04.